The standard InChI is InChI=1S/C24H26N2O4/c1-29-22-9-5-4-7-18(22)17-6-2-3-8-19(17)23-20(14-25)26(21(23)15-27)24(28)16-10-12-30-13-11-16/h2-9,16,20-21,23,27H,10-13,15H2,1H3/t20-,21-,23+/m0/s1. The first-order chi connectivity index (χ1) is 14.7. The Balaban J connectivity index is 1.69. The second kappa shape index (κ2) is 8.86. The second-order valence-corrected chi connectivity index (χ2v) is 7.77. The van der Waals surface area contributed by atoms with Gasteiger partial charge in [-0.1, -0.05) is 42.5 Å². The maximum atomic E-state index is 13.1. The van der Waals surface area contributed by atoms with E-state index in [1.54, 1.807) is 12.0 Å². The summed E-state index contributed by atoms with van der Waals surface area (Å²) in [7, 11) is 1.63. The normalized spacial score (nSPS) is 24.0. The number of ether oxygens (including phenoxy) is 2. The molecule has 0 spiro atoms. The summed E-state index contributed by atoms with van der Waals surface area (Å²) in [5, 5.41) is 20.1. The fourth-order valence-corrected chi connectivity index (χ4v) is 4.74. The van der Waals surface area contributed by atoms with Gasteiger partial charge in [0.2, 0.25) is 5.91 Å². The molecule has 2 aromatic rings. The van der Waals surface area contributed by atoms with E-state index in [0.717, 1.165) is 22.4 Å². The zero-order valence-corrected chi connectivity index (χ0v) is 17.0. The summed E-state index contributed by atoms with van der Waals surface area (Å²) in [4.78, 5) is 14.7. The Labute approximate surface area is 176 Å². The van der Waals surface area contributed by atoms with Crippen molar-refractivity contribution < 1.29 is 19.4 Å². The Morgan fingerprint density at radius 3 is 2.50 bits per heavy atom. The molecule has 2 aliphatic heterocycles. The first-order valence-corrected chi connectivity index (χ1v) is 10.3. The highest BCUT2D eigenvalue weighted by atomic mass is 16.5. The van der Waals surface area contributed by atoms with Gasteiger partial charge in [0, 0.05) is 30.6 Å². The molecule has 0 aromatic heterocycles. The maximum absolute atomic E-state index is 13.1. The number of nitriles is 1. The maximum Gasteiger partial charge on any atom is 0.227 e. The molecule has 0 radical (unpaired) electrons. The molecule has 2 fully saturated rings. The van der Waals surface area contributed by atoms with Crippen LogP contribution in [0.15, 0.2) is 48.5 Å². The van der Waals surface area contributed by atoms with Gasteiger partial charge in [-0.3, -0.25) is 4.79 Å². The molecule has 3 atom stereocenters. The summed E-state index contributed by atoms with van der Waals surface area (Å²) in [5.74, 6) is 0.294. The molecular formula is C24H26N2O4. The van der Waals surface area contributed by atoms with Gasteiger partial charge in [0.25, 0.3) is 0 Å². The third-order valence-electron chi connectivity index (χ3n) is 6.27. The summed E-state index contributed by atoms with van der Waals surface area (Å²) >= 11 is 0. The van der Waals surface area contributed by atoms with Crippen molar-refractivity contribution in [2.24, 2.45) is 5.92 Å². The van der Waals surface area contributed by atoms with Gasteiger partial charge in [0.05, 0.1) is 25.8 Å². The summed E-state index contributed by atoms with van der Waals surface area (Å²) in [6, 6.07) is 16.9. The van der Waals surface area contributed by atoms with Crippen molar-refractivity contribution in [1.82, 2.24) is 4.90 Å². The number of amides is 1. The zero-order chi connectivity index (χ0) is 21.1. The van der Waals surface area contributed by atoms with Gasteiger partial charge in [-0.2, -0.15) is 5.26 Å². The van der Waals surface area contributed by atoms with E-state index in [2.05, 4.69) is 6.07 Å². The molecule has 0 aliphatic carbocycles. The average Bonchev–Trinajstić information content (AvgIpc) is 2.80. The molecule has 0 unspecified atom stereocenters. The number of benzene rings is 2. The van der Waals surface area contributed by atoms with Crippen LogP contribution in [0.1, 0.15) is 24.3 Å². The van der Waals surface area contributed by atoms with E-state index in [1.807, 2.05) is 48.5 Å². The fourth-order valence-electron chi connectivity index (χ4n) is 4.74. The van der Waals surface area contributed by atoms with E-state index < -0.39 is 12.1 Å². The molecule has 4 rings (SSSR count). The number of methoxy groups -OCH3 is 1. The van der Waals surface area contributed by atoms with Crippen LogP contribution in [0.3, 0.4) is 0 Å². The topological polar surface area (TPSA) is 82.8 Å². The van der Waals surface area contributed by atoms with Gasteiger partial charge < -0.3 is 19.5 Å². The third-order valence-corrected chi connectivity index (χ3v) is 6.27. The van der Waals surface area contributed by atoms with Crippen molar-refractivity contribution >= 4 is 5.91 Å². The molecule has 1 amide bonds. The van der Waals surface area contributed by atoms with E-state index in [1.165, 1.54) is 0 Å². The molecule has 30 heavy (non-hydrogen) atoms. The number of aliphatic hydroxyl groups excluding tert-OH is 1. The monoisotopic (exact) mass is 406 g/mol. The minimum atomic E-state index is -0.603. The third kappa shape index (κ3) is 3.45. The van der Waals surface area contributed by atoms with Crippen LogP contribution in [0.5, 0.6) is 5.75 Å². The SMILES string of the molecule is COc1ccccc1-c1ccccc1[C@@H]1[C@H](C#N)N(C(=O)C2CCOCC2)[C@H]1CO. The van der Waals surface area contributed by atoms with Gasteiger partial charge in [0.1, 0.15) is 11.8 Å². The lowest BCUT2D eigenvalue weighted by molar-refractivity contribution is -0.154. The lowest BCUT2D eigenvalue weighted by Gasteiger charge is -2.53. The van der Waals surface area contributed by atoms with Gasteiger partial charge in [-0.15, -0.1) is 0 Å². The van der Waals surface area contributed by atoms with Crippen molar-refractivity contribution in [2.75, 3.05) is 26.9 Å². The van der Waals surface area contributed by atoms with E-state index in [-0.39, 0.29) is 24.3 Å². The first kappa shape index (κ1) is 20.4. The number of carbonyl (C=O) groups is 1. The number of hydrogen-bond donors (Lipinski definition) is 1. The van der Waals surface area contributed by atoms with Crippen LogP contribution in [-0.4, -0.2) is 54.9 Å². The molecular weight excluding hydrogens is 380 g/mol. The Morgan fingerprint density at radius 2 is 1.83 bits per heavy atom. The van der Waals surface area contributed by atoms with Crippen LogP contribution < -0.4 is 4.74 Å². The largest absolute Gasteiger partial charge is 0.496 e. The predicted octanol–water partition coefficient (Wildman–Crippen LogP) is 2.97. The van der Waals surface area contributed by atoms with Gasteiger partial charge in [-0.05, 0) is 30.0 Å². The van der Waals surface area contributed by atoms with Gasteiger partial charge in [0.15, 0.2) is 0 Å². The second-order valence-electron chi connectivity index (χ2n) is 7.77. The molecule has 0 saturated carbocycles. The molecule has 2 aromatic carbocycles. The number of hydrogen-bond acceptors (Lipinski definition) is 5. The highest BCUT2D eigenvalue weighted by Gasteiger charge is 2.53. The molecule has 1 N–H and O–H groups in total. The quantitative estimate of drug-likeness (QED) is 0.825. The first-order valence-electron chi connectivity index (χ1n) is 10.3. The molecule has 6 heteroatoms. The lowest BCUT2D eigenvalue weighted by Crippen LogP contribution is -2.66. The van der Waals surface area contributed by atoms with Crippen LogP contribution in [0.2, 0.25) is 0 Å². The number of aliphatic hydroxyl groups is 1. The van der Waals surface area contributed by atoms with E-state index in [0.29, 0.717) is 26.1 Å². The van der Waals surface area contributed by atoms with Crippen LogP contribution in [0, 0.1) is 17.2 Å². The molecule has 2 aliphatic rings. The Bertz CT molecular complexity index is 948. The van der Waals surface area contributed by atoms with Crippen LogP contribution in [0.4, 0.5) is 0 Å². The Kier molecular flexibility index (Phi) is 6.03. The summed E-state index contributed by atoms with van der Waals surface area (Å²) < 4.78 is 10.9. The highest BCUT2D eigenvalue weighted by Crippen LogP contribution is 2.46. The summed E-state index contributed by atoms with van der Waals surface area (Å²) in [5.41, 5.74) is 2.83. The van der Waals surface area contributed by atoms with Crippen molar-refractivity contribution in [2.45, 2.75) is 30.8 Å². The lowest BCUT2D eigenvalue weighted by atomic mass is 9.72. The summed E-state index contributed by atoms with van der Waals surface area (Å²) in [6.45, 7) is 0.939. The zero-order valence-electron chi connectivity index (χ0n) is 17.0. The predicted molar refractivity (Wildman–Crippen MR) is 112 cm³/mol. The molecule has 156 valence electrons. The van der Waals surface area contributed by atoms with Gasteiger partial charge in [-0.25, -0.2) is 0 Å². The van der Waals surface area contributed by atoms with E-state index in [9.17, 15) is 15.2 Å². The highest BCUT2D eigenvalue weighted by molar-refractivity contribution is 5.82. The molecule has 0 bridgehead atoms. The number of likely N-dealkylation sites (tertiary alicyclic amines) is 1. The van der Waals surface area contributed by atoms with Crippen molar-refractivity contribution in [1.29, 1.82) is 5.26 Å². The van der Waals surface area contributed by atoms with E-state index >= 15 is 0 Å². The number of nitrogens with zero attached hydrogens (tertiary/aromatic N) is 2. The Morgan fingerprint density at radius 1 is 1.17 bits per heavy atom. The average molecular weight is 406 g/mol. The van der Waals surface area contributed by atoms with Crippen molar-refractivity contribution in [3.8, 4) is 22.9 Å². The Hall–Kier alpha value is -2.88. The number of rotatable bonds is 5. The van der Waals surface area contributed by atoms with Crippen LogP contribution in [-0.2, 0) is 9.53 Å². The molecule has 2 saturated heterocycles. The molecule has 2 heterocycles. The number of carbonyl (C=O) groups excluding carboxylic acids is 1. The van der Waals surface area contributed by atoms with Crippen LogP contribution >= 0.6 is 0 Å². The minimum absolute atomic E-state index is 0.0464. The van der Waals surface area contributed by atoms with E-state index in [4.69, 9.17) is 9.47 Å². The van der Waals surface area contributed by atoms with Crippen molar-refractivity contribution in [3.05, 3.63) is 54.1 Å². The number of para-hydroxylation sites is 1. The summed E-state index contributed by atoms with van der Waals surface area (Å²) in [6.07, 6.45) is 1.32. The minimum Gasteiger partial charge on any atom is -0.496 e. The van der Waals surface area contributed by atoms with Gasteiger partial charge >= 0.3 is 0 Å². The van der Waals surface area contributed by atoms with Crippen molar-refractivity contribution in [3.63, 3.8) is 0 Å². The smallest absolute Gasteiger partial charge is 0.227 e. The molecule has 6 nitrogen and oxygen atoms in total. The fraction of sp³-hybridized carbons (Fsp3) is 0.417. The van der Waals surface area contributed by atoms with Crippen LogP contribution in [0.25, 0.3) is 11.1 Å².